The van der Waals surface area contributed by atoms with Crippen molar-refractivity contribution in [2.24, 2.45) is 0 Å². The summed E-state index contributed by atoms with van der Waals surface area (Å²) in [7, 11) is 2.18. The standard InChI is InChI=1S/C14H21ClN6/c1-4-11-8-19(3)6-5-7-20(11)13-10(2)12(15)18-14-16-9-17-21(13)14/h9,11H,4-8H2,1-3H3. The van der Waals surface area contributed by atoms with E-state index in [4.69, 9.17) is 11.6 Å². The molecule has 0 saturated carbocycles. The summed E-state index contributed by atoms with van der Waals surface area (Å²) < 4.78 is 1.81. The van der Waals surface area contributed by atoms with E-state index >= 15 is 0 Å². The second-order valence-electron chi connectivity index (χ2n) is 5.69. The van der Waals surface area contributed by atoms with Crippen molar-refractivity contribution in [2.75, 3.05) is 31.6 Å². The third-order valence-electron chi connectivity index (χ3n) is 4.22. The Morgan fingerprint density at radius 1 is 1.38 bits per heavy atom. The molecule has 1 atom stereocenters. The van der Waals surface area contributed by atoms with Gasteiger partial charge < -0.3 is 9.80 Å². The Labute approximate surface area is 129 Å². The first-order valence-electron chi connectivity index (χ1n) is 7.42. The molecule has 0 spiro atoms. The quantitative estimate of drug-likeness (QED) is 0.794. The molecule has 0 aliphatic carbocycles. The van der Waals surface area contributed by atoms with Gasteiger partial charge in [-0.3, -0.25) is 0 Å². The lowest BCUT2D eigenvalue weighted by atomic mass is 10.1. The second kappa shape index (κ2) is 5.77. The van der Waals surface area contributed by atoms with Crippen molar-refractivity contribution in [3.05, 3.63) is 17.0 Å². The van der Waals surface area contributed by atoms with Gasteiger partial charge in [-0.2, -0.15) is 19.6 Å². The van der Waals surface area contributed by atoms with Crippen molar-refractivity contribution in [3.63, 3.8) is 0 Å². The minimum absolute atomic E-state index is 0.446. The highest BCUT2D eigenvalue weighted by Crippen LogP contribution is 2.29. The first kappa shape index (κ1) is 14.5. The summed E-state index contributed by atoms with van der Waals surface area (Å²) in [5, 5.41) is 4.86. The molecule has 2 aromatic rings. The van der Waals surface area contributed by atoms with E-state index in [9.17, 15) is 0 Å². The SMILES string of the molecule is CCC1CN(C)CCCN1c1c(C)c(Cl)nc2ncnn12. The highest BCUT2D eigenvalue weighted by atomic mass is 35.5. The van der Waals surface area contributed by atoms with Crippen LogP contribution in [0.25, 0.3) is 5.78 Å². The lowest BCUT2D eigenvalue weighted by molar-refractivity contribution is 0.327. The van der Waals surface area contributed by atoms with Gasteiger partial charge in [0.05, 0.1) is 0 Å². The number of halogens is 1. The molecule has 2 aromatic heterocycles. The van der Waals surface area contributed by atoms with E-state index in [-0.39, 0.29) is 0 Å². The molecule has 1 fully saturated rings. The fourth-order valence-corrected chi connectivity index (χ4v) is 3.25. The topological polar surface area (TPSA) is 49.6 Å². The first-order valence-corrected chi connectivity index (χ1v) is 7.80. The number of fused-ring (bicyclic) bond motifs is 1. The monoisotopic (exact) mass is 308 g/mol. The third kappa shape index (κ3) is 2.58. The summed E-state index contributed by atoms with van der Waals surface area (Å²) >= 11 is 6.30. The largest absolute Gasteiger partial charge is 0.352 e. The van der Waals surface area contributed by atoms with E-state index in [2.05, 4.69) is 38.8 Å². The predicted octanol–water partition coefficient (Wildman–Crippen LogP) is 2.01. The summed E-state index contributed by atoms with van der Waals surface area (Å²) in [5.74, 6) is 1.60. The first-order chi connectivity index (χ1) is 10.1. The van der Waals surface area contributed by atoms with E-state index in [1.807, 2.05) is 11.4 Å². The molecule has 7 heteroatoms. The van der Waals surface area contributed by atoms with Crippen LogP contribution in [0.5, 0.6) is 0 Å². The van der Waals surface area contributed by atoms with Gasteiger partial charge in [0.1, 0.15) is 17.3 Å². The number of hydrogen-bond acceptors (Lipinski definition) is 5. The van der Waals surface area contributed by atoms with Crippen LogP contribution in [0.15, 0.2) is 6.33 Å². The van der Waals surface area contributed by atoms with E-state index in [0.29, 0.717) is 17.0 Å². The third-order valence-corrected chi connectivity index (χ3v) is 4.59. The Hall–Kier alpha value is -1.40. The number of nitrogens with zero attached hydrogens (tertiary/aromatic N) is 6. The van der Waals surface area contributed by atoms with Gasteiger partial charge in [0.2, 0.25) is 0 Å². The molecule has 21 heavy (non-hydrogen) atoms. The van der Waals surface area contributed by atoms with Crippen molar-refractivity contribution in [1.29, 1.82) is 0 Å². The average Bonchev–Trinajstić information content (AvgIpc) is 2.83. The number of anilines is 1. The smallest absolute Gasteiger partial charge is 0.255 e. The Bertz CT molecular complexity index is 640. The zero-order valence-corrected chi connectivity index (χ0v) is 13.5. The number of aromatic nitrogens is 4. The van der Waals surface area contributed by atoms with Crippen LogP contribution >= 0.6 is 11.6 Å². The maximum absolute atomic E-state index is 6.30. The Kier molecular flexibility index (Phi) is 3.99. The Balaban J connectivity index is 2.13. The van der Waals surface area contributed by atoms with Crippen molar-refractivity contribution in [2.45, 2.75) is 32.7 Å². The number of hydrogen-bond donors (Lipinski definition) is 0. The Morgan fingerprint density at radius 3 is 2.95 bits per heavy atom. The lowest BCUT2D eigenvalue weighted by Crippen LogP contribution is -2.41. The minimum Gasteiger partial charge on any atom is -0.352 e. The van der Waals surface area contributed by atoms with Crippen LogP contribution in [-0.4, -0.2) is 57.2 Å². The fraction of sp³-hybridized carbons (Fsp3) is 0.643. The fourth-order valence-electron chi connectivity index (χ4n) is 3.09. The summed E-state index contributed by atoms with van der Waals surface area (Å²) in [6, 6.07) is 0.446. The van der Waals surface area contributed by atoms with Gasteiger partial charge in [0, 0.05) is 24.7 Å². The highest BCUT2D eigenvalue weighted by molar-refractivity contribution is 6.30. The van der Waals surface area contributed by atoms with E-state index in [0.717, 1.165) is 43.9 Å². The molecule has 0 N–H and O–H groups in total. The van der Waals surface area contributed by atoms with Gasteiger partial charge in [0.15, 0.2) is 0 Å². The van der Waals surface area contributed by atoms with Crippen LogP contribution in [0.2, 0.25) is 5.15 Å². The summed E-state index contributed by atoms with van der Waals surface area (Å²) in [6.45, 7) is 7.40. The van der Waals surface area contributed by atoms with Gasteiger partial charge >= 0.3 is 0 Å². The zero-order chi connectivity index (χ0) is 15.0. The van der Waals surface area contributed by atoms with Crippen LogP contribution in [0.4, 0.5) is 5.82 Å². The maximum Gasteiger partial charge on any atom is 0.255 e. The number of likely N-dealkylation sites (N-methyl/N-ethyl adjacent to an activating group) is 1. The summed E-state index contributed by atoms with van der Waals surface area (Å²) in [5.41, 5.74) is 0.970. The number of rotatable bonds is 2. The molecule has 114 valence electrons. The molecule has 3 rings (SSSR count). The van der Waals surface area contributed by atoms with Gasteiger partial charge in [-0.25, -0.2) is 0 Å². The van der Waals surface area contributed by atoms with Crippen molar-refractivity contribution >= 4 is 23.2 Å². The van der Waals surface area contributed by atoms with E-state index in [1.54, 1.807) is 0 Å². The van der Waals surface area contributed by atoms with Crippen molar-refractivity contribution < 1.29 is 0 Å². The molecule has 1 aliphatic rings. The minimum atomic E-state index is 0.446. The molecule has 1 aliphatic heterocycles. The predicted molar refractivity (Wildman–Crippen MR) is 84.1 cm³/mol. The van der Waals surface area contributed by atoms with Crippen molar-refractivity contribution in [1.82, 2.24) is 24.5 Å². The van der Waals surface area contributed by atoms with Gasteiger partial charge in [-0.05, 0) is 33.4 Å². The highest BCUT2D eigenvalue weighted by Gasteiger charge is 2.27. The van der Waals surface area contributed by atoms with Crippen LogP contribution in [0.3, 0.4) is 0 Å². The molecule has 1 saturated heterocycles. The van der Waals surface area contributed by atoms with Gasteiger partial charge in [-0.15, -0.1) is 0 Å². The van der Waals surface area contributed by atoms with Crippen LogP contribution in [-0.2, 0) is 0 Å². The van der Waals surface area contributed by atoms with E-state index < -0.39 is 0 Å². The molecule has 0 amide bonds. The molecule has 6 nitrogen and oxygen atoms in total. The van der Waals surface area contributed by atoms with Crippen molar-refractivity contribution in [3.8, 4) is 0 Å². The molecule has 0 radical (unpaired) electrons. The Morgan fingerprint density at radius 2 is 2.19 bits per heavy atom. The van der Waals surface area contributed by atoms with Crippen LogP contribution < -0.4 is 4.90 Å². The maximum atomic E-state index is 6.30. The summed E-state index contributed by atoms with van der Waals surface area (Å²) in [6.07, 6.45) is 3.75. The van der Waals surface area contributed by atoms with Gasteiger partial charge in [0.25, 0.3) is 5.78 Å². The normalized spacial score (nSPS) is 21.0. The van der Waals surface area contributed by atoms with Gasteiger partial charge in [-0.1, -0.05) is 18.5 Å². The average molecular weight is 309 g/mol. The van der Waals surface area contributed by atoms with Crippen LogP contribution in [0.1, 0.15) is 25.3 Å². The van der Waals surface area contributed by atoms with Crippen LogP contribution in [0, 0.1) is 6.92 Å². The molecule has 1 unspecified atom stereocenters. The summed E-state index contributed by atoms with van der Waals surface area (Å²) in [4.78, 5) is 13.3. The van der Waals surface area contributed by atoms with E-state index in [1.165, 1.54) is 6.33 Å². The zero-order valence-electron chi connectivity index (χ0n) is 12.8. The lowest BCUT2D eigenvalue weighted by Gasteiger charge is -2.33. The second-order valence-corrected chi connectivity index (χ2v) is 6.05. The molecular weight excluding hydrogens is 288 g/mol. The molecule has 3 heterocycles. The molecule has 0 bridgehead atoms. The molecular formula is C14H21ClN6. The molecule has 0 aromatic carbocycles.